The maximum Gasteiger partial charge on any atom is 0.234 e. The van der Waals surface area contributed by atoms with Gasteiger partial charge < -0.3 is 15.1 Å². The van der Waals surface area contributed by atoms with Crippen molar-refractivity contribution in [2.75, 3.05) is 57.3 Å². The number of anilines is 1. The quantitative estimate of drug-likeness (QED) is 0.685. The van der Waals surface area contributed by atoms with Crippen LogP contribution in [0.5, 0.6) is 0 Å². The van der Waals surface area contributed by atoms with E-state index in [0.717, 1.165) is 57.9 Å². The van der Waals surface area contributed by atoms with E-state index in [0.29, 0.717) is 19.5 Å². The summed E-state index contributed by atoms with van der Waals surface area (Å²) in [6.07, 6.45) is 7.60. The highest BCUT2D eigenvalue weighted by Gasteiger charge is 2.21. The van der Waals surface area contributed by atoms with Crippen LogP contribution in [-0.2, 0) is 9.59 Å². The molecule has 1 aromatic heterocycles. The van der Waals surface area contributed by atoms with Gasteiger partial charge in [-0.2, -0.15) is 0 Å². The summed E-state index contributed by atoms with van der Waals surface area (Å²) in [4.78, 5) is 38.2. The van der Waals surface area contributed by atoms with Crippen molar-refractivity contribution in [2.45, 2.75) is 19.3 Å². The van der Waals surface area contributed by atoms with Gasteiger partial charge in [0.15, 0.2) is 0 Å². The topological polar surface area (TPSA) is 81.7 Å². The van der Waals surface area contributed by atoms with E-state index in [4.69, 9.17) is 0 Å². The summed E-state index contributed by atoms with van der Waals surface area (Å²) in [6, 6.07) is 0. The lowest BCUT2D eigenvalue weighted by Gasteiger charge is -2.34. The number of nitrogens with zero attached hydrogens (tertiary/aromatic N) is 5. The third-order valence-corrected chi connectivity index (χ3v) is 4.71. The zero-order valence-electron chi connectivity index (χ0n) is 14.6. The van der Waals surface area contributed by atoms with Gasteiger partial charge in [0.2, 0.25) is 11.8 Å². The van der Waals surface area contributed by atoms with E-state index in [-0.39, 0.29) is 11.8 Å². The van der Waals surface area contributed by atoms with Crippen molar-refractivity contribution in [3.8, 4) is 0 Å². The van der Waals surface area contributed by atoms with E-state index in [9.17, 15) is 9.59 Å². The third-order valence-electron chi connectivity index (χ3n) is 4.71. The lowest BCUT2D eigenvalue weighted by Crippen LogP contribution is -2.49. The van der Waals surface area contributed by atoms with Gasteiger partial charge in [0.25, 0.3) is 0 Å². The van der Waals surface area contributed by atoms with Crippen molar-refractivity contribution in [1.82, 2.24) is 25.1 Å². The highest BCUT2D eigenvalue weighted by atomic mass is 16.2. The first kappa shape index (κ1) is 17.6. The molecule has 8 heteroatoms. The monoisotopic (exact) mass is 346 g/mol. The number of nitrogens with one attached hydrogen (secondary N) is 1. The van der Waals surface area contributed by atoms with Crippen molar-refractivity contribution in [2.24, 2.45) is 0 Å². The van der Waals surface area contributed by atoms with Crippen molar-refractivity contribution in [3.05, 3.63) is 18.6 Å². The fraction of sp³-hybridized carbons (Fsp3) is 0.647. The van der Waals surface area contributed by atoms with Gasteiger partial charge in [0, 0.05) is 64.6 Å². The van der Waals surface area contributed by atoms with E-state index < -0.39 is 0 Å². The van der Waals surface area contributed by atoms with Gasteiger partial charge in [0.05, 0.1) is 12.7 Å². The van der Waals surface area contributed by atoms with Gasteiger partial charge in [0.1, 0.15) is 5.82 Å². The number of carbonyl (C=O) groups is 2. The molecule has 8 nitrogen and oxygen atoms in total. The molecule has 2 amide bonds. The molecule has 0 saturated carbocycles. The van der Waals surface area contributed by atoms with E-state index in [2.05, 4.69) is 25.1 Å². The molecule has 0 aliphatic carbocycles. The Labute approximate surface area is 148 Å². The third kappa shape index (κ3) is 5.12. The minimum absolute atomic E-state index is 0.0562. The first-order valence-electron chi connectivity index (χ1n) is 9.00. The van der Waals surface area contributed by atoms with Crippen LogP contribution in [-0.4, -0.2) is 83.9 Å². The predicted octanol–water partition coefficient (Wildman–Crippen LogP) is -0.273. The van der Waals surface area contributed by atoms with Crippen molar-refractivity contribution in [3.63, 3.8) is 0 Å². The van der Waals surface area contributed by atoms with Gasteiger partial charge >= 0.3 is 0 Å². The van der Waals surface area contributed by atoms with Gasteiger partial charge in [-0.3, -0.25) is 19.5 Å². The summed E-state index contributed by atoms with van der Waals surface area (Å²) in [5.41, 5.74) is 0. The molecule has 0 atom stereocenters. The first-order chi connectivity index (χ1) is 12.2. The molecular weight excluding hydrogens is 320 g/mol. The summed E-state index contributed by atoms with van der Waals surface area (Å²) >= 11 is 0. The Kier molecular flexibility index (Phi) is 6.16. The summed E-state index contributed by atoms with van der Waals surface area (Å²) < 4.78 is 0. The molecule has 1 aromatic rings. The van der Waals surface area contributed by atoms with E-state index >= 15 is 0 Å². The molecule has 2 saturated heterocycles. The molecule has 2 fully saturated rings. The number of amides is 2. The van der Waals surface area contributed by atoms with E-state index in [1.165, 1.54) is 0 Å². The normalized spacial score (nSPS) is 18.6. The summed E-state index contributed by atoms with van der Waals surface area (Å²) in [7, 11) is 0. The smallest absolute Gasteiger partial charge is 0.234 e. The zero-order valence-corrected chi connectivity index (χ0v) is 14.6. The molecule has 136 valence electrons. The van der Waals surface area contributed by atoms with Crippen LogP contribution < -0.4 is 10.2 Å². The molecule has 2 aliphatic heterocycles. The fourth-order valence-corrected chi connectivity index (χ4v) is 3.29. The minimum atomic E-state index is 0.0562. The van der Waals surface area contributed by atoms with Gasteiger partial charge in [-0.05, 0) is 12.8 Å². The van der Waals surface area contributed by atoms with Crippen LogP contribution in [0.1, 0.15) is 19.3 Å². The van der Waals surface area contributed by atoms with Crippen molar-refractivity contribution >= 4 is 17.6 Å². The van der Waals surface area contributed by atoms with E-state index in [1.807, 2.05) is 4.90 Å². The molecule has 3 heterocycles. The van der Waals surface area contributed by atoms with Crippen molar-refractivity contribution in [1.29, 1.82) is 0 Å². The molecule has 0 radical (unpaired) electrons. The summed E-state index contributed by atoms with van der Waals surface area (Å²) in [5, 5.41) is 2.96. The lowest BCUT2D eigenvalue weighted by atomic mass is 10.3. The van der Waals surface area contributed by atoms with Crippen LogP contribution in [0.2, 0.25) is 0 Å². The Balaban J connectivity index is 1.29. The number of carbonyl (C=O) groups excluding carboxylic acids is 2. The number of likely N-dealkylation sites (tertiary alicyclic amines) is 1. The number of hydrogen-bond acceptors (Lipinski definition) is 6. The maximum atomic E-state index is 12.1. The van der Waals surface area contributed by atoms with Crippen LogP contribution in [0.15, 0.2) is 18.6 Å². The van der Waals surface area contributed by atoms with Crippen LogP contribution in [0.25, 0.3) is 0 Å². The Morgan fingerprint density at radius 1 is 1.16 bits per heavy atom. The minimum Gasteiger partial charge on any atom is -0.355 e. The first-order valence-corrected chi connectivity index (χ1v) is 9.00. The summed E-state index contributed by atoms with van der Waals surface area (Å²) in [6.45, 7) is 6.04. The van der Waals surface area contributed by atoms with Crippen LogP contribution in [0, 0.1) is 0 Å². The molecule has 2 aliphatic rings. The van der Waals surface area contributed by atoms with Crippen molar-refractivity contribution < 1.29 is 9.59 Å². The Morgan fingerprint density at radius 3 is 2.68 bits per heavy atom. The van der Waals surface area contributed by atoms with Gasteiger partial charge in [-0.15, -0.1) is 0 Å². The number of piperazine rings is 1. The average molecular weight is 346 g/mol. The molecular formula is C17H26N6O2. The molecule has 0 spiro atoms. The number of rotatable bonds is 7. The second kappa shape index (κ2) is 8.75. The molecule has 0 aromatic carbocycles. The molecule has 25 heavy (non-hydrogen) atoms. The standard InChI is InChI=1S/C17H26N6O2/c24-16(20-4-2-8-23-7-1-3-17(23)25)14-21-9-11-22(12-10-21)15-13-18-5-6-19-15/h5-6,13H,1-4,7-12,14H2,(H,20,24). The van der Waals surface area contributed by atoms with E-state index in [1.54, 1.807) is 18.6 Å². The molecule has 3 rings (SSSR count). The highest BCUT2D eigenvalue weighted by molar-refractivity contribution is 5.78. The number of hydrogen-bond donors (Lipinski definition) is 1. The van der Waals surface area contributed by atoms with Gasteiger partial charge in [-0.25, -0.2) is 4.98 Å². The fourth-order valence-electron chi connectivity index (χ4n) is 3.29. The predicted molar refractivity (Wildman–Crippen MR) is 94.1 cm³/mol. The zero-order chi connectivity index (χ0) is 17.5. The second-order valence-electron chi connectivity index (χ2n) is 6.51. The molecule has 0 bridgehead atoms. The van der Waals surface area contributed by atoms with Crippen LogP contribution in [0.4, 0.5) is 5.82 Å². The average Bonchev–Trinajstić information content (AvgIpc) is 3.05. The Morgan fingerprint density at radius 2 is 2.00 bits per heavy atom. The Hall–Kier alpha value is -2.22. The Bertz CT molecular complexity index is 574. The summed E-state index contributed by atoms with van der Waals surface area (Å²) in [5.74, 6) is 1.19. The highest BCUT2D eigenvalue weighted by Crippen LogP contribution is 2.11. The maximum absolute atomic E-state index is 12.1. The SMILES string of the molecule is O=C(CN1CCN(c2cnccn2)CC1)NCCCN1CCCC1=O. The van der Waals surface area contributed by atoms with Gasteiger partial charge in [-0.1, -0.05) is 0 Å². The molecule has 1 N–H and O–H groups in total. The lowest BCUT2D eigenvalue weighted by molar-refractivity contribution is -0.127. The van der Waals surface area contributed by atoms with Crippen LogP contribution in [0.3, 0.4) is 0 Å². The number of aromatic nitrogens is 2. The second-order valence-corrected chi connectivity index (χ2v) is 6.51. The largest absolute Gasteiger partial charge is 0.355 e. The molecule has 0 unspecified atom stereocenters. The van der Waals surface area contributed by atoms with Crippen LogP contribution >= 0.6 is 0 Å².